The van der Waals surface area contributed by atoms with Gasteiger partial charge in [0.25, 0.3) is 0 Å². The maximum Gasteiger partial charge on any atom is 0.244 e. The molecule has 0 radical (unpaired) electrons. The van der Waals surface area contributed by atoms with Gasteiger partial charge in [-0.25, -0.2) is 8.42 Å². The molecule has 0 aliphatic carbocycles. The van der Waals surface area contributed by atoms with Crippen molar-refractivity contribution in [3.63, 3.8) is 0 Å². The van der Waals surface area contributed by atoms with Crippen LogP contribution in [0.2, 0.25) is 0 Å². The fourth-order valence-corrected chi connectivity index (χ4v) is 3.16. The van der Waals surface area contributed by atoms with Gasteiger partial charge in [-0.2, -0.15) is 4.31 Å². The van der Waals surface area contributed by atoms with E-state index in [1.54, 1.807) is 13.0 Å². The molecule has 100 valence electrons. The van der Waals surface area contributed by atoms with Crippen molar-refractivity contribution in [1.82, 2.24) is 9.46 Å². The molecule has 18 heavy (non-hydrogen) atoms. The fraction of sp³-hybridized carbons (Fsp3) is 0.600. The van der Waals surface area contributed by atoms with E-state index in [-0.39, 0.29) is 5.91 Å². The lowest BCUT2D eigenvalue weighted by Crippen LogP contribution is -2.42. The van der Waals surface area contributed by atoms with Crippen LogP contribution in [-0.2, 0) is 14.8 Å². The van der Waals surface area contributed by atoms with E-state index < -0.39 is 16.1 Å². The average Bonchev–Trinajstić information content (AvgIpc) is 2.85. The van der Waals surface area contributed by atoms with Crippen LogP contribution in [0.3, 0.4) is 0 Å². The molecule has 2 rings (SSSR count). The Labute approximate surface area is 105 Å². The molecule has 0 saturated carbocycles. The number of rotatable bonds is 3. The molecule has 7 nitrogen and oxygen atoms in total. The summed E-state index contributed by atoms with van der Waals surface area (Å²) < 4.78 is 29.1. The third kappa shape index (κ3) is 2.70. The summed E-state index contributed by atoms with van der Waals surface area (Å²) in [7, 11) is -3.36. The molecular formula is C10H15N3O4S. The number of sulfonamides is 1. The Morgan fingerprint density at radius 2 is 2.33 bits per heavy atom. The lowest BCUT2D eigenvalue weighted by atomic mass is 10.2. The third-order valence-corrected chi connectivity index (χ3v) is 4.10. The van der Waals surface area contributed by atoms with Gasteiger partial charge in [-0.3, -0.25) is 4.79 Å². The zero-order chi connectivity index (χ0) is 13.3. The lowest BCUT2D eigenvalue weighted by molar-refractivity contribution is -0.119. The van der Waals surface area contributed by atoms with Crippen LogP contribution in [0.25, 0.3) is 0 Å². The lowest BCUT2D eigenvalue weighted by Gasteiger charge is -2.20. The van der Waals surface area contributed by atoms with Crippen molar-refractivity contribution >= 4 is 21.7 Å². The summed E-state index contributed by atoms with van der Waals surface area (Å²) >= 11 is 0. The van der Waals surface area contributed by atoms with Crippen molar-refractivity contribution < 1.29 is 17.7 Å². The Balaban J connectivity index is 2.09. The molecule has 1 aliphatic heterocycles. The second-order valence-electron chi connectivity index (χ2n) is 4.34. The molecule has 0 spiro atoms. The van der Waals surface area contributed by atoms with E-state index in [4.69, 9.17) is 4.52 Å². The average molecular weight is 273 g/mol. The monoisotopic (exact) mass is 273 g/mol. The molecule has 1 aliphatic rings. The maximum atomic E-state index is 12.0. The van der Waals surface area contributed by atoms with Crippen molar-refractivity contribution in [3.05, 3.63) is 11.8 Å². The molecule has 0 aromatic carbocycles. The highest BCUT2D eigenvalue weighted by atomic mass is 32.2. The van der Waals surface area contributed by atoms with Crippen LogP contribution in [0.4, 0.5) is 5.82 Å². The standard InChI is InChI=1S/C10H15N3O4S/c1-7-6-9(12-17-7)11-10(14)8-4-3-5-13(8)18(2,15)16/h6,8H,3-5H2,1-2H3,(H,11,12,14)/t8-/m0/s1. The zero-order valence-corrected chi connectivity index (χ0v) is 11.0. The first kappa shape index (κ1) is 13.0. The summed E-state index contributed by atoms with van der Waals surface area (Å²) in [4.78, 5) is 12.0. The second-order valence-corrected chi connectivity index (χ2v) is 6.28. The zero-order valence-electron chi connectivity index (χ0n) is 10.2. The van der Waals surface area contributed by atoms with Gasteiger partial charge in [-0.15, -0.1) is 0 Å². The van der Waals surface area contributed by atoms with E-state index >= 15 is 0 Å². The Bertz CT molecular complexity index is 551. The molecular weight excluding hydrogens is 258 g/mol. The van der Waals surface area contributed by atoms with E-state index in [9.17, 15) is 13.2 Å². The topological polar surface area (TPSA) is 92.5 Å². The number of anilines is 1. The number of aryl methyl sites for hydroxylation is 1. The van der Waals surface area contributed by atoms with Crippen LogP contribution in [0.5, 0.6) is 0 Å². The smallest absolute Gasteiger partial charge is 0.244 e. The summed E-state index contributed by atoms with van der Waals surface area (Å²) in [5.74, 6) is 0.515. The first-order chi connectivity index (χ1) is 8.38. The van der Waals surface area contributed by atoms with Gasteiger partial charge < -0.3 is 9.84 Å². The molecule has 0 bridgehead atoms. The quantitative estimate of drug-likeness (QED) is 0.857. The molecule has 1 saturated heterocycles. The Morgan fingerprint density at radius 1 is 1.61 bits per heavy atom. The molecule has 1 N–H and O–H groups in total. The van der Waals surface area contributed by atoms with Gasteiger partial charge in [0.15, 0.2) is 5.82 Å². The van der Waals surface area contributed by atoms with Crippen molar-refractivity contribution in [2.75, 3.05) is 18.1 Å². The van der Waals surface area contributed by atoms with Crippen LogP contribution < -0.4 is 5.32 Å². The number of amides is 1. The van der Waals surface area contributed by atoms with Crippen LogP contribution in [0.15, 0.2) is 10.6 Å². The van der Waals surface area contributed by atoms with Gasteiger partial charge in [-0.05, 0) is 19.8 Å². The van der Waals surface area contributed by atoms with Crippen LogP contribution in [0.1, 0.15) is 18.6 Å². The Kier molecular flexibility index (Phi) is 3.40. The van der Waals surface area contributed by atoms with Crippen molar-refractivity contribution in [2.24, 2.45) is 0 Å². The summed E-state index contributed by atoms with van der Waals surface area (Å²) in [5, 5.41) is 6.20. The van der Waals surface area contributed by atoms with Gasteiger partial charge in [-0.1, -0.05) is 5.16 Å². The molecule has 1 amide bonds. The molecule has 1 atom stereocenters. The van der Waals surface area contributed by atoms with Crippen LogP contribution in [0, 0.1) is 6.92 Å². The van der Waals surface area contributed by atoms with Gasteiger partial charge in [0.2, 0.25) is 15.9 Å². The number of nitrogens with one attached hydrogen (secondary N) is 1. The maximum absolute atomic E-state index is 12.0. The van der Waals surface area contributed by atoms with E-state index in [2.05, 4.69) is 10.5 Å². The molecule has 1 fully saturated rings. The second kappa shape index (κ2) is 4.69. The molecule has 1 aromatic heterocycles. The van der Waals surface area contributed by atoms with Crippen molar-refractivity contribution in [2.45, 2.75) is 25.8 Å². The number of carbonyl (C=O) groups excluding carboxylic acids is 1. The van der Waals surface area contributed by atoms with Gasteiger partial charge >= 0.3 is 0 Å². The summed E-state index contributed by atoms with van der Waals surface area (Å²) in [6.07, 6.45) is 2.32. The minimum absolute atomic E-state index is 0.304. The highest BCUT2D eigenvalue weighted by Gasteiger charge is 2.36. The first-order valence-corrected chi connectivity index (χ1v) is 7.44. The number of carbonyl (C=O) groups is 1. The normalized spacial score (nSPS) is 21.1. The Hall–Kier alpha value is -1.41. The highest BCUT2D eigenvalue weighted by Crippen LogP contribution is 2.21. The van der Waals surface area contributed by atoms with Gasteiger partial charge in [0, 0.05) is 12.6 Å². The van der Waals surface area contributed by atoms with E-state index in [1.165, 1.54) is 4.31 Å². The number of hydrogen-bond donors (Lipinski definition) is 1. The highest BCUT2D eigenvalue weighted by molar-refractivity contribution is 7.88. The summed E-state index contributed by atoms with van der Waals surface area (Å²) in [6, 6.07) is 0.925. The van der Waals surface area contributed by atoms with E-state index in [0.717, 1.165) is 6.26 Å². The van der Waals surface area contributed by atoms with Crippen molar-refractivity contribution in [3.8, 4) is 0 Å². The largest absolute Gasteiger partial charge is 0.360 e. The fourth-order valence-electron chi connectivity index (χ4n) is 2.03. The molecule has 2 heterocycles. The van der Waals surface area contributed by atoms with Gasteiger partial charge in [0.1, 0.15) is 11.8 Å². The predicted molar refractivity (Wildman–Crippen MR) is 64.4 cm³/mol. The van der Waals surface area contributed by atoms with E-state index in [0.29, 0.717) is 31.0 Å². The van der Waals surface area contributed by atoms with Gasteiger partial charge in [0.05, 0.1) is 6.26 Å². The molecule has 8 heteroatoms. The Morgan fingerprint density at radius 3 is 2.89 bits per heavy atom. The van der Waals surface area contributed by atoms with Crippen LogP contribution in [-0.4, -0.2) is 42.6 Å². The summed E-state index contributed by atoms with van der Waals surface area (Å²) in [5.41, 5.74) is 0. The molecule has 0 unspecified atom stereocenters. The molecule has 1 aromatic rings. The predicted octanol–water partition coefficient (Wildman–Crippen LogP) is 0.346. The van der Waals surface area contributed by atoms with Crippen LogP contribution >= 0.6 is 0 Å². The minimum Gasteiger partial charge on any atom is -0.360 e. The number of nitrogens with zero attached hydrogens (tertiary/aromatic N) is 2. The SMILES string of the molecule is Cc1cc(NC(=O)[C@@H]2CCCN2S(C)(=O)=O)no1. The minimum atomic E-state index is -3.36. The number of aromatic nitrogens is 1. The number of hydrogen-bond acceptors (Lipinski definition) is 5. The summed E-state index contributed by atoms with van der Waals surface area (Å²) in [6.45, 7) is 2.09. The van der Waals surface area contributed by atoms with Crippen molar-refractivity contribution in [1.29, 1.82) is 0 Å². The third-order valence-electron chi connectivity index (χ3n) is 2.81. The van der Waals surface area contributed by atoms with E-state index in [1.807, 2.05) is 0 Å². The first-order valence-electron chi connectivity index (χ1n) is 5.59.